The van der Waals surface area contributed by atoms with Crippen molar-refractivity contribution in [2.75, 3.05) is 20.7 Å². The maximum atomic E-state index is 12.3. The molecular weight excluding hydrogens is 252 g/mol. The fraction of sp³-hybridized carbons (Fsp3) is 0.938. The number of rotatable bonds is 6. The van der Waals surface area contributed by atoms with Gasteiger partial charge in [0.05, 0.1) is 6.61 Å². The molecule has 0 aromatic carbocycles. The number of nitrogens with zero attached hydrogens (tertiary/aromatic N) is 1. The molecule has 0 aliphatic heterocycles. The molecule has 20 heavy (non-hydrogen) atoms. The number of nitrogens with one attached hydrogen (secondary N) is 1. The molecule has 0 spiro atoms. The van der Waals surface area contributed by atoms with Crippen LogP contribution >= 0.6 is 0 Å². The molecule has 4 nitrogen and oxygen atoms in total. The number of carbonyl (C=O) groups is 1. The van der Waals surface area contributed by atoms with E-state index in [9.17, 15) is 4.79 Å². The molecule has 2 saturated carbocycles. The molecule has 1 N–H and O–H groups in total. The fourth-order valence-electron chi connectivity index (χ4n) is 3.62. The molecule has 4 heteroatoms. The molecule has 2 fully saturated rings. The minimum absolute atomic E-state index is 0.0697. The second-order valence-electron chi connectivity index (χ2n) is 6.55. The lowest BCUT2D eigenvalue weighted by Gasteiger charge is -2.43. The minimum atomic E-state index is -0.476. The molecule has 2 aliphatic carbocycles. The van der Waals surface area contributed by atoms with Gasteiger partial charge in [-0.2, -0.15) is 0 Å². The first kappa shape index (κ1) is 15.8. The third-order valence-electron chi connectivity index (χ3n) is 5.39. The van der Waals surface area contributed by atoms with Gasteiger partial charge in [0.2, 0.25) is 0 Å². The van der Waals surface area contributed by atoms with Crippen LogP contribution in [0.4, 0.5) is 0 Å². The third kappa shape index (κ3) is 3.17. The number of carbonyl (C=O) groups excluding carboxylic acids is 1. The third-order valence-corrected chi connectivity index (χ3v) is 5.39. The molecule has 0 aromatic heterocycles. The Bertz CT molecular complexity index is 343. The number of esters is 1. The fourth-order valence-corrected chi connectivity index (χ4v) is 3.62. The summed E-state index contributed by atoms with van der Waals surface area (Å²) < 4.78 is 5.30. The first-order valence-corrected chi connectivity index (χ1v) is 8.12. The number of hydrogen-bond acceptors (Lipinski definition) is 4. The van der Waals surface area contributed by atoms with Gasteiger partial charge < -0.3 is 15.0 Å². The van der Waals surface area contributed by atoms with E-state index >= 15 is 0 Å². The predicted molar refractivity (Wildman–Crippen MR) is 80.6 cm³/mol. The maximum absolute atomic E-state index is 12.3. The van der Waals surface area contributed by atoms with Gasteiger partial charge >= 0.3 is 5.97 Å². The summed E-state index contributed by atoms with van der Waals surface area (Å²) in [7, 11) is 4.12. The van der Waals surface area contributed by atoms with Gasteiger partial charge in [-0.1, -0.05) is 0 Å². The van der Waals surface area contributed by atoms with Crippen molar-refractivity contribution in [3.63, 3.8) is 0 Å². The van der Waals surface area contributed by atoms with Crippen LogP contribution in [-0.2, 0) is 9.53 Å². The molecule has 0 saturated heterocycles. The van der Waals surface area contributed by atoms with Crippen LogP contribution in [0, 0.1) is 5.92 Å². The molecule has 2 rings (SSSR count). The Morgan fingerprint density at radius 3 is 2.70 bits per heavy atom. The van der Waals surface area contributed by atoms with E-state index < -0.39 is 5.54 Å². The first-order chi connectivity index (χ1) is 9.54. The largest absolute Gasteiger partial charge is 0.465 e. The molecule has 0 bridgehead atoms. The van der Waals surface area contributed by atoms with Gasteiger partial charge in [-0.15, -0.1) is 0 Å². The van der Waals surface area contributed by atoms with Crippen molar-refractivity contribution in [3.05, 3.63) is 0 Å². The van der Waals surface area contributed by atoms with Crippen LogP contribution in [0.15, 0.2) is 0 Å². The topological polar surface area (TPSA) is 41.6 Å². The normalized spacial score (nSPS) is 32.1. The molecule has 2 aliphatic rings. The molecule has 0 aromatic rings. The maximum Gasteiger partial charge on any atom is 0.326 e. The van der Waals surface area contributed by atoms with E-state index in [0.717, 1.165) is 25.2 Å². The van der Waals surface area contributed by atoms with Crippen LogP contribution in [-0.4, -0.2) is 49.2 Å². The SMILES string of the molecule is CCOC(=O)C1(NC)CCCC(N(C)C(C)C2CC2)C1. The summed E-state index contributed by atoms with van der Waals surface area (Å²) in [5, 5.41) is 3.27. The first-order valence-electron chi connectivity index (χ1n) is 8.12. The molecule has 116 valence electrons. The lowest BCUT2D eigenvalue weighted by Crippen LogP contribution is -2.58. The number of ether oxygens (including phenoxy) is 1. The average Bonchev–Trinajstić information content (AvgIpc) is 3.30. The Kier molecular flexibility index (Phi) is 5.08. The summed E-state index contributed by atoms with van der Waals surface area (Å²) in [5.41, 5.74) is -0.476. The van der Waals surface area contributed by atoms with Crippen molar-refractivity contribution in [2.45, 2.75) is 70.0 Å². The summed E-state index contributed by atoms with van der Waals surface area (Å²) in [4.78, 5) is 14.8. The smallest absolute Gasteiger partial charge is 0.326 e. The summed E-state index contributed by atoms with van der Waals surface area (Å²) in [5.74, 6) is 0.799. The highest BCUT2D eigenvalue weighted by Crippen LogP contribution is 2.38. The van der Waals surface area contributed by atoms with Crippen LogP contribution in [0.1, 0.15) is 52.4 Å². The molecule has 0 radical (unpaired) electrons. The standard InChI is InChI=1S/C16H30N2O2/c1-5-20-15(19)16(17-3)10-6-7-14(11-16)18(4)12(2)13-8-9-13/h12-14,17H,5-11H2,1-4H3. The van der Waals surface area contributed by atoms with Crippen LogP contribution in [0.2, 0.25) is 0 Å². The van der Waals surface area contributed by atoms with Gasteiger partial charge in [0.1, 0.15) is 5.54 Å². The summed E-state index contributed by atoms with van der Waals surface area (Å²) >= 11 is 0. The van der Waals surface area contributed by atoms with Crippen molar-refractivity contribution < 1.29 is 9.53 Å². The average molecular weight is 282 g/mol. The second-order valence-corrected chi connectivity index (χ2v) is 6.55. The summed E-state index contributed by atoms with van der Waals surface area (Å²) in [6, 6.07) is 1.12. The van der Waals surface area contributed by atoms with Crippen molar-refractivity contribution in [1.82, 2.24) is 10.2 Å². The Morgan fingerprint density at radius 2 is 2.15 bits per heavy atom. The number of hydrogen-bond donors (Lipinski definition) is 1. The van der Waals surface area contributed by atoms with E-state index in [1.807, 2.05) is 14.0 Å². The predicted octanol–water partition coefficient (Wildman–Crippen LogP) is 2.18. The van der Waals surface area contributed by atoms with Crippen LogP contribution in [0.25, 0.3) is 0 Å². The van der Waals surface area contributed by atoms with Gasteiger partial charge in [0, 0.05) is 12.1 Å². The van der Waals surface area contributed by atoms with Crippen LogP contribution < -0.4 is 5.32 Å². The zero-order chi connectivity index (χ0) is 14.8. The lowest BCUT2D eigenvalue weighted by molar-refractivity contribution is -0.153. The quantitative estimate of drug-likeness (QED) is 0.758. The summed E-state index contributed by atoms with van der Waals surface area (Å²) in [6.07, 6.45) is 6.78. The van der Waals surface area contributed by atoms with Gasteiger partial charge in [-0.25, -0.2) is 0 Å². The van der Waals surface area contributed by atoms with Gasteiger partial charge in [0.25, 0.3) is 0 Å². The van der Waals surface area contributed by atoms with Crippen LogP contribution in [0.3, 0.4) is 0 Å². The van der Waals surface area contributed by atoms with E-state index in [0.29, 0.717) is 18.7 Å². The molecule has 3 atom stereocenters. The highest BCUT2D eigenvalue weighted by molar-refractivity contribution is 5.81. The highest BCUT2D eigenvalue weighted by atomic mass is 16.5. The Labute approximate surface area is 123 Å². The lowest BCUT2D eigenvalue weighted by atomic mass is 9.78. The molecule has 0 amide bonds. The molecular formula is C16H30N2O2. The summed E-state index contributed by atoms with van der Waals surface area (Å²) in [6.45, 7) is 4.67. The highest BCUT2D eigenvalue weighted by Gasteiger charge is 2.45. The van der Waals surface area contributed by atoms with Crippen molar-refractivity contribution >= 4 is 5.97 Å². The van der Waals surface area contributed by atoms with E-state index in [-0.39, 0.29) is 5.97 Å². The zero-order valence-electron chi connectivity index (χ0n) is 13.4. The van der Waals surface area contributed by atoms with Gasteiger partial charge in [-0.05, 0) is 72.4 Å². The second kappa shape index (κ2) is 6.44. The van der Waals surface area contributed by atoms with Crippen molar-refractivity contribution in [1.29, 1.82) is 0 Å². The van der Waals surface area contributed by atoms with E-state index in [1.54, 1.807) is 0 Å². The monoisotopic (exact) mass is 282 g/mol. The van der Waals surface area contributed by atoms with E-state index in [2.05, 4.69) is 24.2 Å². The van der Waals surface area contributed by atoms with E-state index in [1.165, 1.54) is 19.3 Å². The number of likely N-dealkylation sites (N-methyl/N-ethyl adjacent to an activating group) is 1. The van der Waals surface area contributed by atoms with Crippen molar-refractivity contribution in [2.24, 2.45) is 5.92 Å². The van der Waals surface area contributed by atoms with Gasteiger partial charge in [-0.3, -0.25) is 4.79 Å². The molecule has 3 unspecified atom stereocenters. The zero-order valence-corrected chi connectivity index (χ0v) is 13.4. The molecule has 0 heterocycles. The minimum Gasteiger partial charge on any atom is -0.465 e. The van der Waals surface area contributed by atoms with Crippen molar-refractivity contribution in [3.8, 4) is 0 Å². The van der Waals surface area contributed by atoms with E-state index in [4.69, 9.17) is 4.74 Å². The Hall–Kier alpha value is -0.610. The van der Waals surface area contributed by atoms with Gasteiger partial charge in [0.15, 0.2) is 0 Å². The Morgan fingerprint density at radius 1 is 1.45 bits per heavy atom. The van der Waals surface area contributed by atoms with Crippen LogP contribution in [0.5, 0.6) is 0 Å². The Balaban J connectivity index is 2.03.